The molecule has 0 saturated carbocycles. The van der Waals surface area contributed by atoms with E-state index in [1.165, 1.54) is 18.2 Å². The second-order valence-electron chi connectivity index (χ2n) is 3.61. The highest BCUT2D eigenvalue weighted by Crippen LogP contribution is 2.33. The maximum absolute atomic E-state index is 12.0. The number of phenols is 1. The van der Waals surface area contributed by atoms with Crippen molar-refractivity contribution in [1.29, 1.82) is 0 Å². The van der Waals surface area contributed by atoms with E-state index in [1.807, 2.05) is 6.92 Å². The summed E-state index contributed by atoms with van der Waals surface area (Å²) in [5.41, 5.74) is 0.0635. The van der Waals surface area contributed by atoms with Crippen LogP contribution in [0.4, 0.5) is 5.69 Å². The molecule has 7 heteroatoms. The van der Waals surface area contributed by atoms with Crippen LogP contribution in [0.25, 0.3) is 0 Å². The van der Waals surface area contributed by atoms with Crippen molar-refractivity contribution in [2.45, 2.75) is 11.1 Å². The first-order chi connectivity index (χ1) is 8.40. The summed E-state index contributed by atoms with van der Waals surface area (Å²) < 4.78 is 26.5. The number of para-hydroxylation sites is 1. The van der Waals surface area contributed by atoms with Gasteiger partial charge in [-0.1, -0.05) is 17.7 Å². The number of phenolic OH excluding ortho intramolecular Hbond substituents is 1. The Morgan fingerprint density at radius 3 is 2.61 bits per heavy atom. The molecule has 0 saturated heterocycles. The topological polar surface area (TPSA) is 66.4 Å². The molecular weight excluding hydrogens is 294 g/mol. The molecule has 0 bridgehead atoms. The van der Waals surface area contributed by atoms with Crippen LogP contribution < -0.4 is 4.72 Å². The molecule has 0 atom stereocenters. The van der Waals surface area contributed by atoms with Crippen LogP contribution in [0.5, 0.6) is 5.75 Å². The van der Waals surface area contributed by atoms with Gasteiger partial charge in [-0.25, -0.2) is 8.42 Å². The predicted octanol–water partition coefficient (Wildman–Crippen LogP) is 3.22. The van der Waals surface area contributed by atoms with Gasteiger partial charge in [0.1, 0.15) is 4.21 Å². The van der Waals surface area contributed by atoms with Crippen molar-refractivity contribution in [1.82, 2.24) is 0 Å². The molecule has 0 aliphatic rings. The van der Waals surface area contributed by atoms with E-state index in [9.17, 15) is 13.5 Å². The Balaban J connectivity index is 2.37. The van der Waals surface area contributed by atoms with Gasteiger partial charge in [0.05, 0.1) is 10.7 Å². The Bertz CT molecular complexity index is 679. The molecule has 0 aliphatic carbocycles. The number of anilines is 1. The molecule has 2 rings (SSSR count). The summed E-state index contributed by atoms with van der Waals surface area (Å²) >= 11 is 6.87. The van der Waals surface area contributed by atoms with Gasteiger partial charge >= 0.3 is 0 Å². The zero-order chi connectivity index (χ0) is 13.3. The molecule has 4 nitrogen and oxygen atoms in total. The highest BCUT2D eigenvalue weighted by molar-refractivity contribution is 7.94. The number of sulfonamides is 1. The average Bonchev–Trinajstić information content (AvgIpc) is 2.72. The van der Waals surface area contributed by atoms with E-state index in [0.29, 0.717) is 0 Å². The molecule has 0 fully saturated rings. The summed E-state index contributed by atoms with van der Waals surface area (Å²) in [4.78, 5) is 0.894. The average molecular weight is 304 g/mol. The Kier molecular flexibility index (Phi) is 3.52. The molecule has 2 aromatic rings. The van der Waals surface area contributed by atoms with Crippen molar-refractivity contribution >= 4 is 38.6 Å². The molecule has 0 aliphatic heterocycles. The Morgan fingerprint density at radius 2 is 2.00 bits per heavy atom. The van der Waals surface area contributed by atoms with E-state index in [0.717, 1.165) is 16.2 Å². The summed E-state index contributed by atoms with van der Waals surface area (Å²) in [6, 6.07) is 7.71. The summed E-state index contributed by atoms with van der Waals surface area (Å²) in [5, 5.41) is 9.75. The maximum atomic E-state index is 12.0. The molecule has 1 aromatic heterocycles. The van der Waals surface area contributed by atoms with Crippen LogP contribution in [0.15, 0.2) is 34.5 Å². The fourth-order valence-electron chi connectivity index (χ4n) is 1.35. The minimum atomic E-state index is -3.68. The SMILES string of the molecule is Cc1ccc(S(=O)(=O)Nc2cccc(Cl)c2O)s1. The summed E-state index contributed by atoms with van der Waals surface area (Å²) in [6.07, 6.45) is 0. The van der Waals surface area contributed by atoms with E-state index >= 15 is 0 Å². The lowest BCUT2D eigenvalue weighted by Gasteiger charge is -2.08. The first-order valence-electron chi connectivity index (χ1n) is 4.97. The number of halogens is 1. The van der Waals surface area contributed by atoms with Crippen molar-refractivity contribution in [2.75, 3.05) is 4.72 Å². The van der Waals surface area contributed by atoms with Crippen molar-refractivity contribution in [3.63, 3.8) is 0 Å². The van der Waals surface area contributed by atoms with Gasteiger partial charge in [0.2, 0.25) is 0 Å². The Hall–Kier alpha value is -1.24. The number of thiophene rings is 1. The molecule has 96 valence electrons. The Morgan fingerprint density at radius 1 is 1.28 bits per heavy atom. The zero-order valence-corrected chi connectivity index (χ0v) is 11.7. The summed E-state index contributed by atoms with van der Waals surface area (Å²) in [7, 11) is -3.68. The smallest absolute Gasteiger partial charge is 0.271 e. The number of aryl methyl sites for hydroxylation is 1. The van der Waals surface area contributed by atoms with E-state index in [4.69, 9.17) is 11.6 Å². The van der Waals surface area contributed by atoms with E-state index in [2.05, 4.69) is 4.72 Å². The molecule has 0 radical (unpaired) electrons. The molecule has 1 aromatic carbocycles. The van der Waals surface area contributed by atoms with Crippen molar-refractivity contribution in [2.24, 2.45) is 0 Å². The first kappa shape index (κ1) is 13.2. The summed E-state index contributed by atoms with van der Waals surface area (Å²) in [5.74, 6) is -0.281. The quantitative estimate of drug-likeness (QED) is 0.856. The van der Waals surface area contributed by atoms with Crippen LogP contribution in [0.2, 0.25) is 5.02 Å². The van der Waals surface area contributed by atoms with Crippen LogP contribution in [0, 0.1) is 6.92 Å². The monoisotopic (exact) mass is 303 g/mol. The number of rotatable bonds is 3. The lowest BCUT2D eigenvalue weighted by molar-refractivity contribution is 0.478. The van der Waals surface area contributed by atoms with Crippen LogP contribution >= 0.6 is 22.9 Å². The third-order valence-electron chi connectivity index (χ3n) is 2.21. The van der Waals surface area contributed by atoms with Gasteiger partial charge in [0, 0.05) is 4.88 Å². The van der Waals surface area contributed by atoms with Crippen LogP contribution in [-0.4, -0.2) is 13.5 Å². The van der Waals surface area contributed by atoms with Gasteiger partial charge < -0.3 is 5.11 Å². The van der Waals surface area contributed by atoms with Crippen molar-refractivity contribution < 1.29 is 13.5 Å². The van der Waals surface area contributed by atoms with Crippen LogP contribution in [-0.2, 0) is 10.0 Å². The fourth-order valence-corrected chi connectivity index (χ4v) is 3.87. The van der Waals surface area contributed by atoms with Gasteiger partial charge in [-0.2, -0.15) is 0 Å². The van der Waals surface area contributed by atoms with E-state index in [1.54, 1.807) is 12.1 Å². The second-order valence-corrected chi connectivity index (χ2v) is 7.21. The van der Waals surface area contributed by atoms with Crippen molar-refractivity contribution in [3.8, 4) is 5.75 Å². The molecule has 2 N–H and O–H groups in total. The predicted molar refractivity (Wildman–Crippen MR) is 73.0 cm³/mol. The third kappa shape index (κ3) is 2.60. The molecular formula is C11H10ClNO3S2. The molecule has 0 unspecified atom stereocenters. The Labute approximate surface area is 114 Å². The van der Waals surface area contributed by atoms with E-state index in [-0.39, 0.29) is 20.7 Å². The first-order valence-corrected chi connectivity index (χ1v) is 7.64. The van der Waals surface area contributed by atoms with Gasteiger partial charge in [0.15, 0.2) is 5.75 Å². The van der Waals surface area contributed by atoms with Gasteiger partial charge in [0.25, 0.3) is 10.0 Å². The number of hydrogen-bond donors (Lipinski definition) is 2. The third-order valence-corrected chi connectivity index (χ3v) is 5.37. The highest BCUT2D eigenvalue weighted by atomic mass is 35.5. The zero-order valence-electron chi connectivity index (χ0n) is 9.34. The number of hydrogen-bond acceptors (Lipinski definition) is 4. The molecule has 0 spiro atoms. The molecule has 18 heavy (non-hydrogen) atoms. The lowest BCUT2D eigenvalue weighted by atomic mass is 10.3. The minimum Gasteiger partial charge on any atom is -0.504 e. The minimum absolute atomic E-state index is 0.0635. The van der Waals surface area contributed by atoms with Gasteiger partial charge in [-0.15, -0.1) is 11.3 Å². The second kappa shape index (κ2) is 4.79. The normalized spacial score (nSPS) is 11.4. The molecule has 1 heterocycles. The number of benzene rings is 1. The standard InChI is InChI=1S/C11H10ClNO3S2/c1-7-5-6-10(17-7)18(15,16)13-9-4-2-3-8(12)11(9)14/h2-6,13-14H,1H3. The molecule has 0 amide bonds. The largest absolute Gasteiger partial charge is 0.504 e. The van der Waals surface area contributed by atoms with Crippen LogP contribution in [0.3, 0.4) is 0 Å². The van der Waals surface area contributed by atoms with Gasteiger partial charge in [-0.05, 0) is 31.2 Å². The fraction of sp³-hybridized carbons (Fsp3) is 0.0909. The number of nitrogens with one attached hydrogen (secondary N) is 1. The van der Waals surface area contributed by atoms with Crippen molar-refractivity contribution in [3.05, 3.63) is 40.2 Å². The van der Waals surface area contributed by atoms with Gasteiger partial charge in [-0.3, -0.25) is 4.72 Å². The van der Waals surface area contributed by atoms with Crippen LogP contribution in [0.1, 0.15) is 4.88 Å². The highest BCUT2D eigenvalue weighted by Gasteiger charge is 2.18. The maximum Gasteiger partial charge on any atom is 0.271 e. The summed E-state index contributed by atoms with van der Waals surface area (Å²) in [6.45, 7) is 1.82. The van der Waals surface area contributed by atoms with E-state index < -0.39 is 10.0 Å². The lowest BCUT2D eigenvalue weighted by Crippen LogP contribution is -2.11. The number of aromatic hydroxyl groups is 1.